The first-order valence-corrected chi connectivity index (χ1v) is 11.2. The van der Waals surface area contributed by atoms with Crippen molar-refractivity contribution < 1.29 is 13.2 Å². The summed E-state index contributed by atoms with van der Waals surface area (Å²) in [5.41, 5.74) is 2.93. The number of nitrogens with zero attached hydrogens (tertiary/aromatic N) is 4. The Bertz CT molecular complexity index is 1140. The minimum Gasteiger partial charge on any atom is -0.336 e. The van der Waals surface area contributed by atoms with E-state index < -0.39 is 10.0 Å². The lowest BCUT2D eigenvalue weighted by Gasteiger charge is -2.18. The fourth-order valence-electron chi connectivity index (χ4n) is 3.15. The van der Waals surface area contributed by atoms with E-state index in [0.29, 0.717) is 37.2 Å². The number of fused-ring (bicyclic) bond motifs is 1. The lowest BCUT2D eigenvalue weighted by molar-refractivity contribution is 0.251. The summed E-state index contributed by atoms with van der Waals surface area (Å²) in [5.74, 6) is 0. The largest absolute Gasteiger partial charge is 0.336 e. The van der Waals surface area contributed by atoms with Gasteiger partial charge in [-0.2, -0.15) is 4.31 Å². The van der Waals surface area contributed by atoms with Crippen LogP contribution in [0.3, 0.4) is 0 Å². The topological polar surface area (TPSA) is 109 Å². The van der Waals surface area contributed by atoms with Crippen LogP contribution >= 0.6 is 0 Å². The molecule has 0 unspecified atom stereocenters. The Kier molecular flexibility index (Phi) is 6.68. The lowest BCUT2D eigenvalue weighted by Crippen LogP contribution is -2.31. The molecule has 0 atom stereocenters. The van der Waals surface area contributed by atoms with E-state index in [-0.39, 0.29) is 10.9 Å². The number of hydrogen-bond donors (Lipinski definition) is 2. The van der Waals surface area contributed by atoms with Gasteiger partial charge in [-0.05, 0) is 36.8 Å². The first kappa shape index (κ1) is 21.7. The molecule has 10 heteroatoms. The van der Waals surface area contributed by atoms with Crippen molar-refractivity contribution in [3.63, 3.8) is 0 Å². The van der Waals surface area contributed by atoms with Gasteiger partial charge in [0, 0.05) is 25.3 Å². The smallest absolute Gasteiger partial charge is 0.319 e. The van der Waals surface area contributed by atoms with E-state index in [1.807, 2.05) is 31.2 Å². The van der Waals surface area contributed by atoms with Crippen molar-refractivity contribution in [2.75, 3.05) is 25.0 Å². The van der Waals surface area contributed by atoms with Gasteiger partial charge < -0.3 is 10.6 Å². The van der Waals surface area contributed by atoms with Gasteiger partial charge in [0.05, 0.1) is 17.0 Å². The van der Waals surface area contributed by atoms with Crippen LogP contribution in [0.4, 0.5) is 10.5 Å². The van der Waals surface area contributed by atoms with Crippen molar-refractivity contribution >= 4 is 32.8 Å². The van der Waals surface area contributed by atoms with Gasteiger partial charge in [0.15, 0.2) is 0 Å². The third-order valence-corrected chi connectivity index (χ3v) is 6.88. The maximum absolute atomic E-state index is 12.7. The van der Waals surface area contributed by atoms with E-state index in [4.69, 9.17) is 0 Å². The highest BCUT2D eigenvalue weighted by molar-refractivity contribution is 7.89. The van der Waals surface area contributed by atoms with Crippen molar-refractivity contribution in [2.45, 2.75) is 32.2 Å². The molecule has 0 spiro atoms. The quantitative estimate of drug-likeness (QED) is 0.571. The Morgan fingerprint density at radius 1 is 1.13 bits per heavy atom. The first-order chi connectivity index (χ1) is 14.4. The van der Waals surface area contributed by atoms with E-state index in [1.165, 1.54) is 10.4 Å². The van der Waals surface area contributed by atoms with Crippen LogP contribution in [0.2, 0.25) is 0 Å². The molecular formula is C20H26N6O3S. The van der Waals surface area contributed by atoms with Crippen molar-refractivity contribution in [1.29, 1.82) is 0 Å². The molecule has 30 heavy (non-hydrogen) atoms. The van der Waals surface area contributed by atoms with Crippen LogP contribution in [-0.2, 0) is 16.6 Å². The number of benzene rings is 2. The Hall–Kier alpha value is -2.98. The van der Waals surface area contributed by atoms with Crippen molar-refractivity contribution in [2.24, 2.45) is 0 Å². The number of sulfonamides is 1. The molecular weight excluding hydrogens is 404 g/mol. The molecule has 0 saturated carbocycles. The van der Waals surface area contributed by atoms with E-state index in [1.54, 1.807) is 30.7 Å². The molecule has 0 aliphatic heterocycles. The molecule has 9 nitrogen and oxygen atoms in total. The van der Waals surface area contributed by atoms with Gasteiger partial charge in [0.25, 0.3) is 0 Å². The summed E-state index contributed by atoms with van der Waals surface area (Å²) in [6, 6.07) is 12.0. The molecule has 2 amide bonds. The van der Waals surface area contributed by atoms with Crippen LogP contribution in [0.25, 0.3) is 11.0 Å². The Labute approximate surface area is 176 Å². The Morgan fingerprint density at radius 2 is 1.87 bits per heavy atom. The molecule has 0 saturated heterocycles. The van der Waals surface area contributed by atoms with Gasteiger partial charge in [0.2, 0.25) is 10.0 Å². The van der Waals surface area contributed by atoms with Crippen LogP contribution in [-0.4, -0.2) is 53.4 Å². The number of aryl methyl sites for hydroxylation is 1. The average Bonchev–Trinajstić information content (AvgIpc) is 3.13. The third kappa shape index (κ3) is 4.60. The number of carbonyl (C=O) groups excluding carboxylic acids is 1. The minimum absolute atomic E-state index is 0.196. The maximum atomic E-state index is 12.7. The first-order valence-electron chi connectivity index (χ1n) is 9.80. The maximum Gasteiger partial charge on any atom is 0.319 e. The van der Waals surface area contributed by atoms with Gasteiger partial charge in [0.1, 0.15) is 5.52 Å². The van der Waals surface area contributed by atoms with Gasteiger partial charge in [-0.3, -0.25) is 0 Å². The number of para-hydroxylation sites is 1. The zero-order valence-corrected chi connectivity index (χ0v) is 18.1. The van der Waals surface area contributed by atoms with E-state index >= 15 is 0 Å². The summed E-state index contributed by atoms with van der Waals surface area (Å²) in [7, 11) is -3.55. The van der Waals surface area contributed by atoms with Crippen molar-refractivity contribution in [3.8, 4) is 0 Å². The summed E-state index contributed by atoms with van der Waals surface area (Å²) < 4.78 is 28.4. The molecule has 1 aromatic heterocycles. The SMILES string of the molecule is CCN(CC)S(=O)(=O)c1ccc2c(c1)nnn2CCNC(=O)Nc1ccccc1C. The predicted octanol–water partition coefficient (Wildman–Crippen LogP) is 2.59. The van der Waals surface area contributed by atoms with Crippen LogP contribution in [0, 0.1) is 6.92 Å². The standard InChI is InChI=1S/C20H26N6O3S/c1-4-25(5-2)30(28,29)16-10-11-19-18(14-16)23-24-26(19)13-12-21-20(27)22-17-9-7-6-8-15(17)3/h6-11,14H,4-5,12-13H2,1-3H3,(H2,21,22,27). The second-order valence-corrected chi connectivity index (χ2v) is 8.69. The van der Waals surface area contributed by atoms with Crippen LogP contribution < -0.4 is 10.6 Å². The number of rotatable bonds is 8. The second kappa shape index (κ2) is 9.23. The van der Waals surface area contributed by atoms with Gasteiger partial charge >= 0.3 is 6.03 Å². The van der Waals surface area contributed by atoms with E-state index in [0.717, 1.165) is 11.3 Å². The monoisotopic (exact) mass is 430 g/mol. The molecule has 160 valence electrons. The summed E-state index contributed by atoms with van der Waals surface area (Å²) in [6.45, 7) is 7.08. The second-order valence-electron chi connectivity index (χ2n) is 6.75. The lowest BCUT2D eigenvalue weighted by atomic mass is 10.2. The number of hydrogen-bond acceptors (Lipinski definition) is 5. The highest BCUT2D eigenvalue weighted by Gasteiger charge is 2.22. The molecule has 3 rings (SSSR count). The molecule has 1 heterocycles. The van der Waals surface area contributed by atoms with E-state index in [2.05, 4.69) is 20.9 Å². The van der Waals surface area contributed by atoms with Crippen LogP contribution in [0.15, 0.2) is 47.4 Å². The number of carbonyl (C=O) groups is 1. The molecule has 2 aromatic carbocycles. The number of urea groups is 1. The summed E-state index contributed by atoms with van der Waals surface area (Å²) in [5, 5.41) is 13.8. The zero-order valence-electron chi connectivity index (χ0n) is 17.3. The minimum atomic E-state index is -3.55. The fourth-order valence-corrected chi connectivity index (χ4v) is 4.62. The molecule has 2 N–H and O–H groups in total. The average molecular weight is 431 g/mol. The highest BCUT2D eigenvalue weighted by Crippen LogP contribution is 2.20. The molecule has 0 aliphatic carbocycles. The molecule has 3 aromatic rings. The van der Waals surface area contributed by atoms with Gasteiger partial charge in [-0.25, -0.2) is 17.9 Å². The number of nitrogens with one attached hydrogen (secondary N) is 2. The Balaban J connectivity index is 1.65. The predicted molar refractivity (Wildman–Crippen MR) is 116 cm³/mol. The molecule has 0 aliphatic rings. The summed E-state index contributed by atoms with van der Waals surface area (Å²) in [6.07, 6.45) is 0. The van der Waals surface area contributed by atoms with Gasteiger partial charge in [-0.15, -0.1) is 5.10 Å². The van der Waals surface area contributed by atoms with Crippen molar-refractivity contribution in [1.82, 2.24) is 24.6 Å². The van der Waals surface area contributed by atoms with Gasteiger partial charge in [-0.1, -0.05) is 37.3 Å². The summed E-state index contributed by atoms with van der Waals surface area (Å²) in [4.78, 5) is 12.3. The normalized spacial score (nSPS) is 11.7. The summed E-state index contributed by atoms with van der Waals surface area (Å²) >= 11 is 0. The number of amides is 2. The highest BCUT2D eigenvalue weighted by atomic mass is 32.2. The fraction of sp³-hybridized carbons (Fsp3) is 0.350. The van der Waals surface area contributed by atoms with Crippen LogP contribution in [0.5, 0.6) is 0 Å². The molecule has 0 fully saturated rings. The van der Waals surface area contributed by atoms with Crippen molar-refractivity contribution in [3.05, 3.63) is 48.0 Å². The Morgan fingerprint density at radius 3 is 2.57 bits per heavy atom. The molecule has 0 bridgehead atoms. The third-order valence-electron chi connectivity index (χ3n) is 4.83. The molecule has 0 radical (unpaired) electrons. The number of aromatic nitrogens is 3. The van der Waals surface area contributed by atoms with E-state index in [9.17, 15) is 13.2 Å². The zero-order chi connectivity index (χ0) is 21.7. The number of anilines is 1. The van der Waals surface area contributed by atoms with Crippen LogP contribution in [0.1, 0.15) is 19.4 Å².